The number of amides is 2. The Balaban J connectivity index is 1.23. The maximum absolute atomic E-state index is 14.8. The summed E-state index contributed by atoms with van der Waals surface area (Å²) < 4.78 is 0. The zero-order valence-corrected chi connectivity index (χ0v) is 33.9. The van der Waals surface area contributed by atoms with E-state index in [-0.39, 0.29) is 11.8 Å². The van der Waals surface area contributed by atoms with Gasteiger partial charge in [-0.1, -0.05) is 123 Å². The Bertz CT molecular complexity index is 2370. The molecule has 0 aliphatic carbocycles. The van der Waals surface area contributed by atoms with Gasteiger partial charge in [0.1, 0.15) is 0 Å². The van der Waals surface area contributed by atoms with Crippen LogP contribution in [0.3, 0.4) is 0 Å². The summed E-state index contributed by atoms with van der Waals surface area (Å²) >= 11 is 0. The molecule has 2 amide bonds. The van der Waals surface area contributed by atoms with Crippen LogP contribution in [0.15, 0.2) is 169 Å². The topological polar surface area (TPSA) is 47.1 Å². The van der Waals surface area contributed by atoms with Crippen LogP contribution in [0, 0.1) is 13.8 Å². The third-order valence-electron chi connectivity index (χ3n) is 11.1. The molecule has 290 valence electrons. The molecule has 58 heavy (non-hydrogen) atoms. The quantitative estimate of drug-likeness (QED) is 0.111. The molecular formula is C52H50N4O2. The van der Waals surface area contributed by atoms with Gasteiger partial charge in [0.25, 0.3) is 11.8 Å². The van der Waals surface area contributed by atoms with E-state index in [2.05, 4.69) is 159 Å². The molecule has 0 fully saturated rings. The molecule has 0 atom stereocenters. The number of rotatable bonds is 14. The van der Waals surface area contributed by atoms with Crippen molar-refractivity contribution >= 4 is 57.3 Å². The summed E-state index contributed by atoms with van der Waals surface area (Å²) in [6, 6.07) is 54.4. The number of hydrogen-bond donors (Lipinski definition) is 0. The number of para-hydroxylation sites is 2. The molecule has 2 aliphatic heterocycles. The molecule has 0 saturated carbocycles. The van der Waals surface area contributed by atoms with Crippen LogP contribution in [0.1, 0.15) is 61.8 Å². The zero-order valence-electron chi connectivity index (χ0n) is 33.9. The van der Waals surface area contributed by atoms with Crippen molar-refractivity contribution in [3.8, 4) is 0 Å². The van der Waals surface area contributed by atoms with Gasteiger partial charge < -0.3 is 19.6 Å². The first-order chi connectivity index (χ1) is 28.4. The van der Waals surface area contributed by atoms with Crippen LogP contribution in [-0.2, 0) is 9.59 Å². The lowest BCUT2D eigenvalue weighted by Gasteiger charge is -2.27. The predicted octanol–water partition coefficient (Wildman–Crippen LogP) is 12.7. The first-order valence-corrected chi connectivity index (χ1v) is 20.5. The number of carbonyl (C=O) groups is 2. The molecule has 6 nitrogen and oxygen atoms in total. The van der Waals surface area contributed by atoms with Gasteiger partial charge in [0.2, 0.25) is 0 Å². The van der Waals surface area contributed by atoms with Crippen molar-refractivity contribution in [1.29, 1.82) is 0 Å². The summed E-state index contributed by atoms with van der Waals surface area (Å²) in [7, 11) is 0. The molecule has 0 spiro atoms. The maximum atomic E-state index is 14.8. The normalized spacial score (nSPS) is 13.8. The minimum atomic E-state index is -0.106. The third-order valence-corrected chi connectivity index (χ3v) is 11.1. The summed E-state index contributed by atoms with van der Waals surface area (Å²) in [5.74, 6) is -0.213. The van der Waals surface area contributed by atoms with Crippen LogP contribution in [0.25, 0.3) is 11.4 Å². The lowest BCUT2D eigenvalue weighted by Crippen LogP contribution is -2.31. The SMILES string of the molecule is CCCCN1C(=O)C2=C(c3ccc(N(c4ccc(C)cc4)c4ccc(C)cc4)cc3)N(CCCC)C(=O)C2=C1c1ccc(N(c2ccccc2)c2ccccc2)cc1. The molecule has 2 heterocycles. The zero-order chi connectivity index (χ0) is 40.2. The van der Waals surface area contributed by atoms with E-state index >= 15 is 0 Å². The standard InChI is InChI=1S/C52H50N4O2/c1-5-7-35-53-49(39-23-31-45(32-24-39)55(41-15-11-9-12-16-41)42-17-13-10-14-18-42)47-48(52(53)58)50(54(51(47)57)36-8-6-2)40-25-33-46(34-26-40)56(43-27-19-37(3)20-28-43)44-29-21-38(4)22-30-44/h9-34H,5-8,35-36H2,1-4H3. The number of unbranched alkanes of at least 4 members (excludes halogenated alkanes) is 2. The molecule has 6 aromatic carbocycles. The Hall–Kier alpha value is -6.66. The fourth-order valence-electron chi connectivity index (χ4n) is 8.03. The first kappa shape index (κ1) is 38.2. The van der Waals surface area contributed by atoms with Gasteiger partial charge >= 0.3 is 0 Å². The van der Waals surface area contributed by atoms with Crippen molar-refractivity contribution in [3.63, 3.8) is 0 Å². The average Bonchev–Trinajstić information content (AvgIpc) is 3.71. The van der Waals surface area contributed by atoms with Crippen molar-refractivity contribution in [3.05, 3.63) is 191 Å². The van der Waals surface area contributed by atoms with E-state index in [1.165, 1.54) is 11.1 Å². The van der Waals surface area contributed by atoms with Crippen LogP contribution in [0.2, 0.25) is 0 Å². The second-order valence-corrected chi connectivity index (χ2v) is 15.2. The third kappa shape index (κ3) is 7.34. The highest BCUT2D eigenvalue weighted by Gasteiger charge is 2.48. The summed E-state index contributed by atoms with van der Waals surface area (Å²) in [6.07, 6.45) is 3.51. The molecule has 0 radical (unpaired) electrons. The Morgan fingerprint density at radius 2 is 0.690 bits per heavy atom. The fourth-order valence-corrected chi connectivity index (χ4v) is 8.03. The van der Waals surface area contributed by atoms with E-state index in [4.69, 9.17) is 0 Å². The molecule has 6 heteroatoms. The molecular weight excluding hydrogens is 713 g/mol. The maximum Gasteiger partial charge on any atom is 0.261 e. The number of carbonyl (C=O) groups excluding carboxylic acids is 2. The highest BCUT2D eigenvalue weighted by molar-refractivity contribution is 6.30. The summed E-state index contributed by atoms with van der Waals surface area (Å²) in [6.45, 7) is 9.53. The average molecular weight is 763 g/mol. The highest BCUT2D eigenvalue weighted by atomic mass is 16.2. The molecule has 0 aromatic heterocycles. The molecule has 0 N–H and O–H groups in total. The lowest BCUT2D eigenvalue weighted by atomic mass is 10.0. The summed E-state index contributed by atoms with van der Waals surface area (Å²) in [5, 5.41) is 0. The van der Waals surface area contributed by atoms with E-state index in [1.807, 2.05) is 46.2 Å². The Morgan fingerprint density at radius 1 is 0.397 bits per heavy atom. The van der Waals surface area contributed by atoms with Crippen LogP contribution in [-0.4, -0.2) is 34.7 Å². The van der Waals surface area contributed by atoms with Crippen molar-refractivity contribution < 1.29 is 9.59 Å². The molecule has 0 bridgehead atoms. The lowest BCUT2D eigenvalue weighted by molar-refractivity contribution is -0.124. The Kier molecular flexibility index (Phi) is 11.1. The number of aryl methyl sites for hydroxylation is 2. The van der Waals surface area contributed by atoms with Gasteiger partial charge in [0.15, 0.2) is 0 Å². The van der Waals surface area contributed by atoms with Crippen LogP contribution in [0.4, 0.5) is 34.1 Å². The minimum Gasteiger partial charge on any atom is -0.311 e. The van der Waals surface area contributed by atoms with Crippen molar-refractivity contribution in [2.24, 2.45) is 0 Å². The van der Waals surface area contributed by atoms with E-state index in [9.17, 15) is 9.59 Å². The van der Waals surface area contributed by atoms with Gasteiger partial charge in [-0.3, -0.25) is 9.59 Å². The van der Waals surface area contributed by atoms with E-state index < -0.39 is 0 Å². The number of fused-ring (bicyclic) bond motifs is 1. The number of nitrogens with zero attached hydrogens (tertiary/aromatic N) is 4. The van der Waals surface area contributed by atoms with Crippen molar-refractivity contribution in [2.75, 3.05) is 22.9 Å². The Labute approximate surface area is 343 Å². The largest absolute Gasteiger partial charge is 0.311 e. The molecule has 2 aliphatic rings. The number of benzene rings is 6. The van der Waals surface area contributed by atoms with Gasteiger partial charge in [-0.25, -0.2) is 0 Å². The van der Waals surface area contributed by atoms with Gasteiger partial charge in [0, 0.05) is 47.2 Å². The monoisotopic (exact) mass is 762 g/mol. The smallest absolute Gasteiger partial charge is 0.261 e. The van der Waals surface area contributed by atoms with Crippen LogP contribution >= 0.6 is 0 Å². The minimum absolute atomic E-state index is 0.106. The Morgan fingerprint density at radius 3 is 1.00 bits per heavy atom. The van der Waals surface area contributed by atoms with Crippen molar-refractivity contribution in [2.45, 2.75) is 53.4 Å². The van der Waals surface area contributed by atoms with E-state index in [0.29, 0.717) is 35.6 Å². The molecule has 6 aromatic rings. The fraction of sp³-hybridized carbons (Fsp3) is 0.192. The van der Waals surface area contributed by atoms with E-state index in [0.717, 1.165) is 70.9 Å². The predicted molar refractivity (Wildman–Crippen MR) is 239 cm³/mol. The highest BCUT2D eigenvalue weighted by Crippen LogP contribution is 2.48. The second-order valence-electron chi connectivity index (χ2n) is 15.2. The second kappa shape index (κ2) is 16.8. The van der Waals surface area contributed by atoms with Crippen molar-refractivity contribution in [1.82, 2.24) is 9.80 Å². The van der Waals surface area contributed by atoms with Crippen LogP contribution in [0.5, 0.6) is 0 Å². The van der Waals surface area contributed by atoms with Gasteiger partial charge in [-0.15, -0.1) is 0 Å². The van der Waals surface area contributed by atoms with Crippen LogP contribution < -0.4 is 9.80 Å². The molecule has 0 unspecified atom stereocenters. The van der Waals surface area contributed by atoms with E-state index in [1.54, 1.807) is 0 Å². The number of hydrogen-bond acceptors (Lipinski definition) is 4. The molecule has 8 rings (SSSR count). The first-order valence-electron chi connectivity index (χ1n) is 20.5. The summed E-state index contributed by atoms with van der Waals surface area (Å²) in [4.78, 5) is 37.8. The van der Waals surface area contributed by atoms with Gasteiger partial charge in [-0.2, -0.15) is 0 Å². The van der Waals surface area contributed by atoms with Gasteiger partial charge in [-0.05, 0) is 111 Å². The number of anilines is 6. The molecule has 0 saturated heterocycles. The summed E-state index contributed by atoms with van der Waals surface area (Å²) in [5.41, 5.74) is 12.7. The van der Waals surface area contributed by atoms with Gasteiger partial charge in [0.05, 0.1) is 22.5 Å².